The van der Waals surface area contributed by atoms with Crippen LogP contribution in [0.15, 0.2) is 158 Å². The van der Waals surface area contributed by atoms with Crippen molar-refractivity contribution < 1.29 is 0 Å². The Hall–Kier alpha value is -5.60. The molecule has 6 aromatic carbocycles. The summed E-state index contributed by atoms with van der Waals surface area (Å²) in [7, 11) is 0. The summed E-state index contributed by atoms with van der Waals surface area (Å²) < 4.78 is 0. The Morgan fingerprint density at radius 2 is 0.952 bits per heavy atom. The van der Waals surface area contributed by atoms with Crippen LogP contribution in [0.4, 0.5) is 0 Å². The van der Waals surface area contributed by atoms with Gasteiger partial charge in [-0.05, 0) is 56.3 Å². The molecular weight excluding hydrogens is 508 g/mol. The van der Waals surface area contributed by atoms with Crippen molar-refractivity contribution in [1.82, 2.24) is 9.97 Å². The van der Waals surface area contributed by atoms with E-state index in [1.54, 1.807) is 0 Å². The van der Waals surface area contributed by atoms with Gasteiger partial charge in [-0.2, -0.15) is 0 Å². The highest BCUT2D eigenvalue weighted by molar-refractivity contribution is 6.14. The maximum atomic E-state index is 5.47. The number of hydrogen-bond donors (Lipinski definition) is 0. The van der Waals surface area contributed by atoms with Crippen LogP contribution in [0.5, 0.6) is 0 Å². The van der Waals surface area contributed by atoms with E-state index in [9.17, 15) is 0 Å². The molecule has 0 fully saturated rings. The second-order valence-corrected chi connectivity index (χ2v) is 10.6. The van der Waals surface area contributed by atoms with Gasteiger partial charge in [-0.15, -0.1) is 0 Å². The first-order valence-electron chi connectivity index (χ1n) is 14.3. The Bertz CT molecular complexity index is 2220. The van der Waals surface area contributed by atoms with Crippen molar-refractivity contribution in [3.8, 4) is 44.6 Å². The van der Waals surface area contributed by atoms with Crippen molar-refractivity contribution in [2.45, 2.75) is 0 Å². The van der Waals surface area contributed by atoms with Crippen molar-refractivity contribution in [2.75, 3.05) is 0 Å². The molecule has 2 heterocycles. The maximum absolute atomic E-state index is 5.47. The highest BCUT2D eigenvalue weighted by atomic mass is 14.8. The van der Waals surface area contributed by atoms with Gasteiger partial charge in [0.05, 0.1) is 16.7 Å². The van der Waals surface area contributed by atoms with Crippen LogP contribution < -0.4 is 0 Å². The molecule has 2 aromatic heterocycles. The number of benzene rings is 6. The summed E-state index contributed by atoms with van der Waals surface area (Å²) in [5.41, 5.74) is 10.9. The van der Waals surface area contributed by atoms with Crippen LogP contribution in [-0.4, -0.2) is 9.97 Å². The third-order valence-corrected chi connectivity index (χ3v) is 8.13. The van der Waals surface area contributed by atoms with Crippen LogP contribution in [0, 0.1) is 0 Å². The van der Waals surface area contributed by atoms with Crippen molar-refractivity contribution in [3.05, 3.63) is 158 Å². The molecule has 0 radical (unpaired) electrons. The van der Waals surface area contributed by atoms with Gasteiger partial charge in [0.2, 0.25) is 0 Å². The van der Waals surface area contributed by atoms with Gasteiger partial charge in [-0.3, -0.25) is 4.98 Å². The second-order valence-electron chi connectivity index (χ2n) is 10.6. The Morgan fingerprint density at radius 1 is 0.381 bits per heavy atom. The minimum atomic E-state index is 0.911. The fourth-order valence-electron chi connectivity index (χ4n) is 6.16. The molecule has 42 heavy (non-hydrogen) atoms. The van der Waals surface area contributed by atoms with Crippen LogP contribution in [0.25, 0.3) is 77.2 Å². The molecule has 8 aromatic rings. The Balaban J connectivity index is 1.51. The number of nitrogens with zero attached hydrogens (tertiary/aromatic N) is 2. The zero-order valence-corrected chi connectivity index (χ0v) is 22.9. The molecule has 0 aliphatic rings. The maximum Gasteiger partial charge on any atom is 0.0978 e. The van der Waals surface area contributed by atoms with Crippen molar-refractivity contribution in [3.63, 3.8) is 0 Å². The molecular formula is C40H26N2. The van der Waals surface area contributed by atoms with E-state index >= 15 is 0 Å². The summed E-state index contributed by atoms with van der Waals surface area (Å²) in [6.07, 6.45) is 1.91. The number of aromatic nitrogens is 2. The van der Waals surface area contributed by atoms with Gasteiger partial charge in [0.1, 0.15) is 0 Å². The van der Waals surface area contributed by atoms with Crippen molar-refractivity contribution in [2.24, 2.45) is 0 Å². The van der Waals surface area contributed by atoms with Crippen LogP contribution in [-0.2, 0) is 0 Å². The molecule has 8 rings (SSSR count). The first-order chi connectivity index (χ1) is 20.8. The molecule has 0 aliphatic carbocycles. The monoisotopic (exact) mass is 534 g/mol. The summed E-state index contributed by atoms with van der Waals surface area (Å²) >= 11 is 0. The van der Waals surface area contributed by atoms with E-state index < -0.39 is 0 Å². The van der Waals surface area contributed by atoms with Gasteiger partial charge < -0.3 is 0 Å². The molecule has 0 N–H and O–H groups in total. The Labute approximate surface area is 244 Å². The zero-order valence-electron chi connectivity index (χ0n) is 22.9. The van der Waals surface area contributed by atoms with Gasteiger partial charge in [-0.25, -0.2) is 4.98 Å². The smallest absolute Gasteiger partial charge is 0.0978 e. The Morgan fingerprint density at radius 3 is 1.64 bits per heavy atom. The molecule has 2 nitrogen and oxygen atoms in total. The highest BCUT2D eigenvalue weighted by Gasteiger charge is 2.18. The summed E-state index contributed by atoms with van der Waals surface area (Å²) in [4.78, 5) is 10.4. The third kappa shape index (κ3) is 4.05. The van der Waals surface area contributed by atoms with Gasteiger partial charge in [0, 0.05) is 22.5 Å². The number of rotatable bonds is 4. The van der Waals surface area contributed by atoms with E-state index in [0.717, 1.165) is 49.8 Å². The van der Waals surface area contributed by atoms with E-state index in [0.29, 0.717) is 0 Å². The molecule has 0 aliphatic heterocycles. The minimum absolute atomic E-state index is 0.911. The molecule has 0 spiro atoms. The summed E-state index contributed by atoms with van der Waals surface area (Å²) in [6.45, 7) is 0. The fraction of sp³-hybridized carbons (Fsp3) is 0. The molecule has 196 valence electrons. The minimum Gasteiger partial charge on any atom is -0.254 e. The number of fused-ring (bicyclic) bond motifs is 4. The average Bonchev–Trinajstić information content (AvgIpc) is 3.08. The van der Waals surface area contributed by atoms with Crippen molar-refractivity contribution >= 4 is 32.6 Å². The summed E-state index contributed by atoms with van der Waals surface area (Å²) in [6, 6.07) is 53.6. The number of hydrogen-bond acceptors (Lipinski definition) is 2. The van der Waals surface area contributed by atoms with Gasteiger partial charge >= 0.3 is 0 Å². The SMILES string of the molecule is c1ccc(-c2ccc3ccccc3c2-c2cc(-c3ccccc3)c3ccc4c(-c5ccccc5)ccnc4c3n2)cc1. The van der Waals surface area contributed by atoms with Crippen LogP contribution in [0.1, 0.15) is 0 Å². The van der Waals surface area contributed by atoms with Gasteiger partial charge in [-0.1, -0.05) is 140 Å². The molecule has 0 unspecified atom stereocenters. The lowest BCUT2D eigenvalue weighted by molar-refractivity contribution is 1.37. The van der Waals surface area contributed by atoms with Crippen LogP contribution >= 0.6 is 0 Å². The quantitative estimate of drug-likeness (QED) is 0.210. The summed E-state index contributed by atoms with van der Waals surface area (Å²) in [5, 5.41) is 4.57. The lowest BCUT2D eigenvalue weighted by atomic mass is 9.90. The van der Waals surface area contributed by atoms with E-state index in [1.807, 2.05) is 6.20 Å². The fourth-order valence-corrected chi connectivity index (χ4v) is 6.16. The van der Waals surface area contributed by atoms with Gasteiger partial charge in [0.15, 0.2) is 0 Å². The number of pyridine rings is 2. The molecule has 0 saturated heterocycles. The van der Waals surface area contributed by atoms with Crippen molar-refractivity contribution in [1.29, 1.82) is 0 Å². The molecule has 2 heteroatoms. The summed E-state index contributed by atoms with van der Waals surface area (Å²) in [5.74, 6) is 0. The lowest BCUT2D eigenvalue weighted by Gasteiger charge is -2.17. The van der Waals surface area contributed by atoms with E-state index in [4.69, 9.17) is 9.97 Å². The van der Waals surface area contributed by atoms with E-state index in [1.165, 1.54) is 27.5 Å². The Kier molecular flexibility index (Phi) is 5.82. The topological polar surface area (TPSA) is 25.8 Å². The molecule has 0 amide bonds. The predicted octanol–water partition coefficient (Wildman–Crippen LogP) is 10.6. The van der Waals surface area contributed by atoms with Crippen LogP contribution in [0.3, 0.4) is 0 Å². The standard InChI is InChI=1S/C40H26N2/c1-4-12-27(13-5-1)31-24-25-41-39-34(31)22-23-35-36(29-16-8-3-9-17-29)26-37(42-40(35)39)38-32-19-11-10-18-30(32)20-21-33(38)28-14-6-2-7-15-28/h1-26H. The molecule has 0 saturated carbocycles. The predicted molar refractivity (Wildman–Crippen MR) is 176 cm³/mol. The normalized spacial score (nSPS) is 11.3. The molecule has 0 bridgehead atoms. The van der Waals surface area contributed by atoms with E-state index in [2.05, 4.69) is 152 Å². The molecule has 0 atom stereocenters. The van der Waals surface area contributed by atoms with E-state index in [-0.39, 0.29) is 0 Å². The average molecular weight is 535 g/mol. The second kappa shape index (κ2) is 10.1. The van der Waals surface area contributed by atoms with Crippen LogP contribution in [0.2, 0.25) is 0 Å². The third-order valence-electron chi connectivity index (χ3n) is 8.13. The lowest BCUT2D eigenvalue weighted by Crippen LogP contribution is -1.96. The zero-order chi connectivity index (χ0) is 27.9. The van der Waals surface area contributed by atoms with Gasteiger partial charge in [0.25, 0.3) is 0 Å². The first-order valence-corrected chi connectivity index (χ1v) is 14.3. The largest absolute Gasteiger partial charge is 0.254 e. The highest BCUT2D eigenvalue weighted by Crippen LogP contribution is 2.42. The first kappa shape index (κ1) is 24.2.